The normalized spacial score (nSPS) is 12.4. The van der Waals surface area contributed by atoms with E-state index in [9.17, 15) is 0 Å². The fraction of sp³-hybridized carbons (Fsp3) is 0.143. The van der Waals surface area contributed by atoms with E-state index in [1.807, 2.05) is 37.3 Å². The summed E-state index contributed by atoms with van der Waals surface area (Å²) in [7, 11) is 0. The van der Waals surface area contributed by atoms with E-state index in [4.69, 9.17) is 6.42 Å². The van der Waals surface area contributed by atoms with Crippen molar-refractivity contribution in [3.8, 4) is 12.3 Å². The Morgan fingerprint density at radius 2 is 1.79 bits per heavy atom. The molecule has 70 valence electrons. The van der Waals surface area contributed by atoms with Gasteiger partial charge in [0, 0.05) is 0 Å². The van der Waals surface area contributed by atoms with Crippen molar-refractivity contribution in [2.24, 2.45) is 0 Å². The first kappa shape index (κ1) is 10.3. The van der Waals surface area contributed by atoms with Crippen molar-refractivity contribution >= 4 is 5.57 Å². The van der Waals surface area contributed by atoms with Crippen molar-refractivity contribution in [1.82, 2.24) is 0 Å². The van der Waals surface area contributed by atoms with Crippen molar-refractivity contribution in [2.75, 3.05) is 0 Å². The average Bonchev–Trinajstić information content (AvgIpc) is 2.26. The summed E-state index contributed by atoms with van der Waals surface area (Å²) in [6.07, 6.45) is 9.26. The van der Waals surface area contributed by atoms with Gasteiger partial charge in [0.2, 0.25) is 0 Å². The highest BCUT2D eigenvalue weighted by Crippen LogP contribution is 2.12. The maximum Gasteiger partial charge on any atom is -0.00134 e. The maximum absolute atomic E-state index is 5.25. The lowest BCUT2D eigenvalue weighted by Gasteiger charge is -1.98. The van der Waals surface area contributed by atoms with Crippen molar-refractivity contribution in [2.45, 2.75) is 13.8 Å². The largest absolute Gasteiger partial charge is 0.115 e. The van der Waals surface area contributed by atoms with Crippen LogP contribution in [0.4, 0.5) is 0 Å². The molecule has 0 aliphatic rings. The van der Waals surface area contributed by atoms with Gasteiger partial charge in [0.05, 0.1) is 0 Å². The van der Waals surface area contributed by atoms with Gasteiger partial charge in [0.25, 0.3) is 0 Å². The zero-order valence-electron chi connectivity index (χ0n) is 8.62. The molecule has 0 bridgehead atoms. The van der Waals surface area contributed by atoms with Gasteiger partial charge in [-0.3, -0.25) is 0 Å². The summed E-state index contributed by atoms with van der Waals surface area (Å²) in [6, 6.07) is 10.3. The number of benzene rings is 1. The highest BCUT2D eigenvalue weighted by Gasteiger charge is 1.90. The lowest BCUT2D eigenvalue weighted by molar-refractivity contribution is 1.54. The first-order valence-electron chi connectivity index (χ1n) is 4.61. The second kappa shape index (κ2) is 5.09. The SMILES string of the molecule is C#C/C(C)=C\C=C(/C)c1ccccc1. The Morgan fingerprint density at radius 3 is 2.36 bits per heavy atom. The summed E-state index contributed by atoms with van der Waals surface area (Å²) in [5.41, 5.74) is 3.40. The molecule has 0 N–H and O–H groups in total. The molecule has 14 heavy (non-hydrogen) atoms. The van der Waals surface area contributed by atoms with Crippen LogP contribution in [0.3, 0.4) is 0 Å². The molecule has 0 radical (unpaired) electrons. The van der Waals surface area contributed by atoms with Gasteiger partial charge in [0.1, 0.15) is 0 Å². The fourth-order valence-electron chi connectivity index (χ4n) is 1.10. The minimum absolute atomic E-state index is 0.945. The molecule has 1 aromatic carbocycles. The van der Waals surface area contributed by atoms with Crippen LogP contribution in [0.25, 0.3) is 5.57 Å². The smallest absolute Gasteiger partial charge is 0.00134 e. The zero-order chi connectivity index (χ0) is 10.4. The molecule has 0 amide bonds. The number of hydrogen-bond donors (Lipinski definition) is 0. The first-order chi connectivity index (χ1) is 6.74. The molecule has 0 aliphatic heterocycles. The lowest BCUT2D eigenvalue weighted by atomic mass is 10.1. The molecule has 0 unspecified atom stereocenters. The summed E-state index contributed by atoms with van der Waals surface area (Å²) >= 11 is 0. The molecule has 0 spiro atoms. The van der Waals surface area contributed by atoms with Crippen molar-refractivity contribution in [3.05, 3.63) is 53.6 Å². The molecule has 0 saturated heterocycles. The van der Waals surface area contributed by atoms with E-state index in [-0.39, 0.29) is 0 Å². The van der Waals surface area contributed by atoms with Gasteiger partial charge in [-0.2, -0.15) is 0 Å². The second-order valence-corrected chi connectivity index (χ2v) is 3.21. The van der Waals surface area contributed by atoms with Crippen LogP contribution in [0.15, 0.2) is 48.1 Å². The van der Waals surface area contributed by atoms with E-state index in [0.717, 1.165) is 5.57 Å². The van der Waals surface area contributed by atoms with Crippen LogP contribution in [-0.4, -0.2) is 0 Å². The highest BCUT2D eigenvalue weighted by atomic mass is 14.0. The predicted octanol–water partition coefficient (Wildman–Crippen LogP) is 3.67. The topological polar surface area (TPSA) is 0 Å². The van der Waals surface area contributed by atoms with Crippen LogP contribution >= 0.6 is 0 Å². The zero-order valence-corrected chi connectivity index (χ0v) is 8.62. The third-order valence-corrected chi connectivity index (χ3v) is 2.04. The van der Waals surface area contributed by atoms with Crippen molar-refractivity contribution in [1.29, 1.82) is 0 Å². The number of allylic oxidation sites excluding steroid dienone is 4. The molecule has 0 atom stereocenters. The summed E-state index contributed by atoms with van der Waals surface area (Å²) in [4.78, 5) is 0. The predicted molar refractivity (Wildman–Crippen MR) is 62.7 cm³/mol. The molecule has 0 fully saturated rings. The van der Waals surface area contributed by atoms with E-state index < -0.39 is 0 Å². The second-order valence-electron chi connectivity index (χ2n) is 3.21. The maximum atomic E-state index is 5.25. The molecular weight excluding hydrogens is 168 g/mol. The van der Waals surface area contributed by atoms with Crippen LogP contribution in [-0.2, 0) is 0 Å². The van der Waals surface area contributed by atoms with Crippen LogP contribution in [0.1, 0.15) is 19.4 Å². The number of terminal acetylenes is 1. The van der Waals surface area contributed by atoms with E-state index in [2.05, 4.69) is 25.0 Å². The molecule has 0 aliphatic carbocycles. The van der Waals surface area contributed by atoms with Gasteiger partial charge in [-0.25, -0.2) is 0 Å². The molecule has 0 aromatic heterocycles. The van der Waals surface area contributed by atoms with Gasteiger partial charge in [-0.1, -0.05) is 48.4 Å². The van der Waals surface area contributed by atoms with Gasteiger partial charge in [-0.05, 0) is 30.6 Å². The van der Waals surface area contributed by atoms with Crippen LogP contribution < -0.4 is 0 Å². The fourth-order valence-corrected chi connectivity index (χ4v) is 1.10. The van der Waals surface area contributed by atoms with Gasteiger partial charge in [0.15, 0.2) is 0 Å². The Labute approximate surface area is 86.0 Å². The third kappa shape index (κ3) is 2.95. The standard InChI is InChI=1S/C14H14/c1-4-12(2)10-11-13(3)14-8-6-5-7-9-14/h1,5-11H,2-3H3/b12-10-,13-11+. The number of hydrogen-bond acceptors (Lipinski definition) is 0. The number of rotatable bonds is 2. The Morgan fingerprint density at radius 1 is 1.14 bits per heavy atom. The molecule has 0 nitrogen and oxygen atoms in total. The minimum Gasteiger partial charge on any atom is -0.115 e. The van der Waals surface area contributed by atoms with E-state index in [0.29, 0.717) is 0 Å². The van der Waals surface area contributed by atoms with Crippen LogP contribution in [0.2, 0.25) is 0 Å². The summed E-state index contributed by atoms with van der Waals surface area (Å²) in [5, 5.41) is 0. The molecule has 1 aromatic rings. The monoisotopic (exact) mass is 182 g/mol. The van der Waals surface area contributed by atoms with Crippen LogP contribution in [0.5, 0.6) is 0 Å². The minimum atomic E-state index is 0.945. The highest BCUT2D eigenvalue weighted by molar-refractivity contribution is 5.65. The van der Waals surface area contributed by atoms with Gasteiger partial charge < -0.3 is 0 Å². The summed E-state index contributed by atoms with van der Waals surface area (Å²) in [6.45, 7) is 4.00. The molecule has 0 heteroatoms. The van der Waals surface area contributed by atoms with Crippen LogP contribution in [0, 0.1) is 12.3 Å². The summed E-state index contributed by atoms with van der Waals surface area (Å²) in [5.74, 6) is 2.59. The van der Waals surface area contributed by atoms with Crippen molar-refractivity contribution in [3.63, 3.8) is 0 Å². The Kier molecular flexibility index (Phi) is 3.76. The van der Waals surface area contributed by atoms with Gasteiger partial charge >= 0.3 is 0 Å². The quantitative estimate of drug-likeness (QED) is 0.483. The first-order valence-corrected chi connectivity index (χ1v) is 4.61. The summed E-state index contributed by atoms with van der Waals surface area (Å²) < 4.78 is 0. The Bertz CT molecular complexity index is 386. The molecule has 0 heterocycles. The average molecular weight is 182 g/mol. The van der Waals surface area contributed by atoms with Crippen molar-refractivity contribution < 1.29 is 0 Å². The van der Waals surface area contributed by atoms with E-state index in [1.54, 1.807) is 0 Å². The third-order valence-electron chi connectivity index (χ3n) is 2.04. The molecular formula is C14H14. The lowest BCUT2D eigenvalue weighted by Crippen LogP contribution is -1.77. The molecule has 1 rings (SSSR count). The Hall–Kier alpha value is -1.74. The Balaban J connectivity index is 2.87. The molecule has 0 saturated carbocycles. The van der Waals surface area contributed by atoms with E-state index >= 15 is 0 Å². The van der Waals surface area contributed by atoms with Gasteiger partial charge in [-0.15, -0.1) is 6.42 Å². The van der Waals surface area contributed by atoms with E-state index in [1.165, 1.54) is 11.1 Å².